The number of carbonyl (C=O) groups is 2. The van der Waals surface area contributed by atoms with Crippen LogP contribution in [0, 0.1) is 0 Å². The zero-order valence-electron chi connectivity index (χ0n) is 16.7. The summed E-state index contributed by atoms with van der Waals surface area (Å²) in [7, 11) is 0. The maximum absolute atomic E-state index is 12.3. The largest absolute Gasteiger partial charge is 0.504 e. The number of ether oxygens (including phenoxy) is 1. The topological polar surface area (TPSA) is 197 Å². The molecule has 11 nitrogen and oxygen atoms in total. The lowest BCUT2D eigenvalue weighted by Crippen LogP contribution is -2.50. The summed E-state index contributed by atoms with van der Waals surface area (Å²) in [4.78, 5) is 24.5. The zero-order valence-corrected chi connectivity index (χ0v) is 16.7. The van der Waals surface area contributed by atoms with Crippen LogP contribution in [0.1, 0.15) is 33.6 Å². The zero-order chi connectivity index (χ0) is 23.6. The van der Waals surface area contributed by atoms with E-state index >= 15 is 0 Å². The van der Waals surface area contributed by atoms with Crippen molar-refractivity contribution < 1.29 is 50.1 Å². The number of phenols is 4. The van der Waals surface area contributed by atoms with Crippen LogP contribution in [0.15, 0.2) is 36.4 Å². The van der Waals surface area contributed by atoms with Crippen LogP contribution in [0.3, 0.4) is 0 Å². The molecule has 0 aromatic heterocycles. The molecule has 0 spiro atoms. The van der Waals surface area contributed by atoms with Crippen molar-refractivity contribution >= 4 is 11.7 Å². The Bertz CT molecular complexity index is 1030. The van der Waals surface area contributed by atoms with E-state index in [0.717, 1.165) is 24.3 Å². The predicted molar refractivity (Wildman–Crippen MR) is 107 cm³/mol. The number of benzene rings is 2. The molecular formula is C21H23NO10. The second-order valence-corrected chi connectivity index (χ2v) is 7.50. The van der Waals surface area contributed by atoms with Gasteiger partial charge in [0.15, 0.2) is 35.1 Å². The first-order chi connectivity index (χ1) is 15.0. The number of Topliss-reactive ketones (excluding diaryl/α,β-unsaturated/α-hetero) is 1. The molecule has 0 saturated carbocycles. The van der Waals surface area contributed by atoms with Gasteiger partial charge in [0.2, 0.25) is 0 Å². The molecule has 11 heteroatoms. The first kappa shape index (κ1) is 23.3. The molecule has 0 bridgehead atoms. The Labute approximate surface area is 181 Å². The molecule has 1 saturated heterocycles. The van der Waals surface area contributed by atoms with Crippen LogP contribution in [-0.2, 0) is 4.74 Å². The minimum atomic E-state index is -2.19. The number of amides is 1. The molecule has 1 aliphatic heterocycles. The van der Waals surface area contributed by atoms with Crippen LogP contribution in [0.25, 0.3) is 0 Å². The smallest absolute Gasteiger partial charge is 0.251 e. The van der Waals surface area contributed by atoms with Gasteiger partial charge in [0.05, 0.1) is 0 Å². The fraction of sp³-hybridized carbons (Fsp3) is 0.333. The summed E-state index contributed by atoms with van der Waals surface area (Å²) in [5.41, 5.74) is -2.11. The van der Waals surface area contributed by atoms with Crippen molar-refractivity contribution in [3.8, 4) is 23.0 Å². The van der Waals surface area contributed by atoms with E-state index < -0.39 is 58.8 Å². The fourth-order valence-corrected chi connectivity index (χ4v) is 3.37. The summed E-state index contributed by atoms with van der Waals surface area (Å²) in [6, 6.07) is 6.88. The van der Waals surface area contributed by atoms with Crippen molar-refractivity contribution in [2.45, 2.75) is 36.9 Å². The molecule has 3 rings (SSSR count). The Hall–Kier alpha value is -3.38. The quantitative estimate of drug-likeness (QED) is 0.205. The van der Waals surface area contributed by atoms with E-state index in [1.54, 1.807) is 0 Å². The van der Waals surface area contributed by atoms with Gasteiger partial charge in [0.25, 0.3) is 5.91 Å². The van der Waals surface area contributed by atoms with E-state index in [2.05, 4.69) is 5.32 Å². The van der Waals surface area contributed by atoms with Gasteiger partial charge in [0, 0.05) is 24.1 Å². The van der Waals surface area contributed by atoms with Gasteiger partial charge < -0.3 is 45.8 Å². The number of hydrogen-bond donors (Lipinski definition) is 8. The number of nitrogens with one attached hydrogen (secondary N) is 1. The summed E-state index contributed by atoms with van der Waals surface area (Å²) >= 11 is 0. The number of aliphatic hydroxyl groups excluding tert-OH is 2. The van der Waals surface area contributed by atoms with Crippen LogP contribution < -0.4 is 5.32 Å². The fourth-order valence-electron chi connectivity index (χ4n) is 3.37. The Balaban J connectivity index is 1.59. The van der Waals surface area contributed by atoms with E-state index in [4.69, 9.17) is 4.74 Å². The number of rotatable bonds is 7. The lowest BCUT2D eigenvalue weighted by atomic mass is 9.88. The van der Waals surface area contributed by atoms with Crippen LogP contribution in [0.4, 0.5) is 0 Å². The molecule has 1 heterocycles. The molecule has 1 aliphatic rings. The number of phenolic OH excluding ortho intramolecular Hbond substituents is 4. The van der Waals surface area contributed by atoms with E-state index in [1.807, 2.05) is 0 Å². The molecule has 172 valence electrons. The maximum atomic E-state index is 12.3. The van der Waals surface area contributed by atoms with Crippen molar-refractivity contribution in [2.75, 3.05) is 6.54 Å². The van der Waals surface area contributed by atoms with Crippen LogP contribution in [0.5, 0.6) is 23.0 Å². The van der Waals surface area contributed by atoms with E-state index in [0.29, 0.717) is 0 Å². The normalized spacial score (nSPS) is 24.9. The summed E-state index contributed by atoms with van der Waals surface area (Å²) in [5.74, 6) is -2.97. The van der Waals surface area contributed by atoms with Crippen LogP contribution in [0.2, 0.25) is 0 Å². The van der Waals surface area contributed by atoms with Crippen molar-refractivity contribution in [1.82, 2.24) is 5.32 Å². The van der Waals surface area contributed by atoms with Crippen molar-refractivity contribution in [1.29, 1.82) is 0 Å². The van der Waals surface area contributed by atoms with Gasteiger partial charge in [-0.15, -0.1) is 0 Å². The Morgan fingerprint density at radius 2 is 1.47 bits per heavy atom. The summed E-state index contributed by atoms with van der Waals surface area (Å²) in [6.07, 6.45) is -5.38. The second kappa shape index (κ2) is 9.01. The molecule has 8 N–H and O–H groups in total. The number of aliphatic hydroxyl groups is 3. The third kappa shape index (κ3) is 4.60. The van der Waals surface area contributed by atoms with E-state index in [1.165, 1.54) is 12.1 Å². The SMILES string of the molecule is O=C(CC[C@]1(O)C(O)O[C@H](CNC(=O)c2ccc(O)c(O)c2)[C@H]1O)c1ccc(O)c(O)c1. The van der Waals surface area contributed by atoms with Crippen molar-refractivity contribution in [3.63, 3.8) is 0 Å². The first-order valence-corrected chi connectivity index (χ1v) is 9.62. The lowest BCUT2D eigenvalue weighted by molar-refractivity contribution is -0.177. The molecule has 1 amide bonds. The minimum absolute atomic E-state index is 0.0198. The highest BCUT2D eigenvalue weighted by Crippen LogP contribution is 2.34. The molecule has 1 unspecified atom stereocenters. The van der Waals surface area contributed by atoms with Gasteiger partial charge in [-0.3, -0.25) is 9.59 Å². The number of carbonyl (C=O) groups excluding carboxylic acids is 2. The Morgan fingerprint density at radius 3 is 2.06 bits per heavy atom. The monoisotopic (exact) mass is 449 g/mol. The lowest BCUT2D eigenvalue weighted by Gasteiger charge is -2.28. The van der Waals surface area contributed by atoms with Crippen LogP contribution in [-0.4, -0.2) is 78.1 Å². The van der Waals surface area contributed by atoms with Gasteiger partial charge in [-0.25, -0.2) is 0 Å². The molecule has 0 radical (unpaired) electrons. The number of aromatic hydroxyl groups is 4. The van der Waals surface area contributed by atoms with Crippen molar-refractivity contribution in [2.24, 2.45) is 0 Å². The minimum Gasteiger partial charge on any atom is -0.504 e. The third-order valence-electron chi connectivity index (χ3n) is 5.35. The molecule has 32 heavy (non-hydrogen) atoms. The third-order valence-corrected chi connectivity index (χ3v) is 5.35. The molecule has 2 aromatic rings. The van der Waals surface area contributed by atoms with Gasteiger partial charge in [-0.05, 0) is 42.8 Å². The van der Waals surface area contributed by atoms with Gasteiger partial charge in [-0.2, -0.15) is 0 Å². The Kier molecular flexibility index (Phi) is 6.55. The van der Waals surface area contributed by atoms with Gasteiger partial charge in [0.1, 0.15) is 17.8 Å². The molecule has 4 atom stereocenters. The predicted octanol–water partition coefficient (Wildman–Crippen LogP) is -0.289. The van der Waals surface area contributed by atoms with Crippen LogP contribution >= 0.6 is 0 Å². The number of hydrogen-bond acceptors (Lipinski definition) is 10. The summed E-state index contributed by atoms with van der Waals surface area (Å²) in [5, 5.41) is 71.3. The Morgan fingerprint density at radius 1 is 0.906 bits per heavy atom. The second-order valence-electron chi connectivity index (χ2n) is 7.50. The van der Waals surface area contributed by atoms with Crippen molar-refractivity contribution in [3.05, 3.63) is 47.5 Å². The molecule has 1 fully saturated rings. The summed E-state index contributed by atoms with van der Waals surface area (Å²) in [6.45, 7) is -0.305. The first-order valence-electron chi connectivity index (χ1n) is 9.62. The van der Waals surface area contributed by atoms with Gasteiger partial charge in [-0.1, -0.05) is 0 Å². The number of ketones is 1. The van der Waals surface area contributed by atoms with E-state index in [-0.39, 0.29) is 30.5 Å². The molecule has 2 aromatic carbocycles. The maximum Gasteiger partial charge on any atom is 0.251 e. The standard InChI is InChI=1S/C21H23NO10/c23-12(10-1-3-13(24)15(26)7-10)5-6-21(31)18(28)17(32-20(21)30)9-22-19(29)11-2-4-14(25)16(27)8-11/h1-4,7-8,17-18,20,24-28,30-31H,5-6,9H2,(H,22,29)/t17-,18-,20?,21-/m1/s1. The summed E-state index contributed by atoms with van der Waals surface area (Å²) < 4.78 is 5.16. The highest BCUT2D eigenvalue weighted by Gasteiger charge is 2.54. The van der Waals surface area contributed by atoms with E-state index in [9.17, 15) is 45.3 Å². The highest BCUT2D eigenvalue weighted by atomic mass is 16.6. The average Bonchev–Trinajstić information content (AvgIpc) is 2.97. The highest BCUT2D eigenvalue weighted by molar-refractivity contribution is 5.96. The van der Waals surface area contributed by atoms with Gasteiger partial charge >= 0.3 is 0 Å². The average molecular weight is 449 g/mol. The molecular weight excluding hydrogens is 426 g/mol. The molecule has 0 aliphatic carbocycles.